The second-order valence-corrected chi connectivity index (χ2v) is 6.39. The predicted octanol–water partition coefficient (Wildman–Crippen LogP) is 2.58. The van der Waals surface area contributed by atoms with Crippen LogP contribution in [-0.2, 0) is 4.79 Å². The van der Waals surface area contributed by atoms with E-state index in [2.05, 4.69) is 5.32 Å². The second kappa shape index (κ2) is 6.99. The van der Waals surface area contributed by atoms with E-state index in [-0.39, 0.29) is 17.7 Å². The first kappa shape index (κ1) is 15.1. The van der Waals surface area contributed by atoms with Gasteiger partial charge in [-0.2, -0.15) is 0 Å². The quantitative estimate of drug-likeness (QED) is 0.933. The molecule has 5 heteroatoms. The molecule has 0 aromatic carbocycles. The van der Waals surface area contributed by atoms with E-state index < -0.39 is 0 Å². The molecule has 0 spiro atoms. The highest BCUT2D eigenvalue weighted by Crippen LogP contribution is 2.22. The van der Waals surface area contributed by atoms with Crippen LogP contribution in [0.1, 0.15) is 55.5 Å². The van der Waals surface area contributed by atoms with Gasteiger partial charge < -0.3 is 14.6 Å². The van der Waals surface area contributed by atoms with Gasteiger partial charge in [0, 0.05) is 25.0 Å². The van der Waals surface area contributed by atoms with E-state index >= 15 is 0 Å². The predicted molar refractivity (Wildman–Crippen MR) is 82.4 cm³/mol. The van der Waals surface area contributed by atoms with E-state index in [1.165, 1.54) is 25.5 Å². The summed E-state index contributed by atoms with van der Waals surface area (Å²) in [6.07, 6.45) is 8.96. The molecule has 22 heavy (non-hydrogen) atoms. The van der Waals surface area contributed by atoms with E-state index in [0.717, 1.165) is 25.7 Å². The third kappa shape index (κ3) is 3.51. The minimum absolute atomic E-state index is 0.0441. The van der Waals surface area contributed by atoms with Crippen LogP contribution in [0.5, 0.6) is 0 Å². The smallest absolute Gasteiger partial charge is 0.289 e. The average Bonchev–Trinajstić information content (AvgIpc) is 3.10. The number of likely N-dealkylation sites (tertiary alicyclic amines) is 1. The summed E-state index contributed by atoms with van der Waals surface area (Å²) < 4.78 is 5.15. The summed E-state index contributed by atoms with van der Waals surface area (Å²) >= 11 is 0. The van der Waals surface area contributed by atoms with Crippen LogP contribution in [0.3, 0.4) is 0 Å². The molecular weight excluding hydrogens is 280 g/mol. The normalized spacial score (nSPS) is 20.8. The molecule has 0 bridgehead atoms. The van der Waals surface area contributed by atoms with Crippen molar-refractivity contribution in [2.45, 2.75) is 51.0 Å². The highest BCUT2D eigenvalue weighted by Gasteiger charge is 2.29. The fourth-order valence-corrected chi connectivity index (χ4v) is 3.47. The Hall–Kier alpha value is -1.78. The first-order chi connectivity index (χ1) is 10.7. The molecule has 2 heterocycles. The summed E-state index contributed by atoms with van der Waals surface area (Å²) in [4.78, 5) is 26.3. The lowest BCUT2D eigenvalue weighted by Crippen LogP contribution is -2.45. The van der Waals surface area contributed by atoms with Gasteiger partial charge in [-0.25, -0.2) is 0 Å². The molecular formula is C17H24N2O3. The van der Waals surface area contributed by atoms with Crippen molar-refractivity contribution in [3.8, 4) is 0 Å². The van der Waals surface area contributed by atoms with Gasteiger partial charge in [-0.05, 0) is 37.8 Å². The molecule has 0 radical (unpaired) electrons. The van der Waals surface area contributed by atoms with E-state index in [9.17, 15) is 9.59 Å². The van der Waals surface area contributed by atoms with Crippen molar-refractivity contribution in [3.63, 3.8) is 0 Å². The molecule has 1 saturated carbocycles. The minimum atomic E-state index is -0.0730. The Labute approximate surface area is 131 Å². The standard InChI is InChI=1S/C17H24N2O3/c20-16(18-14-5-2-1-3-6-14)13-8-10-19(11-9-13)17(21)15-7-4-12-22-15/h4,7,12-14H,1-3,5-6,8-11H2,(H,18,20). The van der Waals surface area contributed by atoms with E-state index in [1.54, 1.807) is 17.0 Å². The third-order valence-corrected chi connectivity index (χ3v) is 4.84. The zero-order valence-electron chi connectivity index (χ0n) is 12.9. The van der Waals surface area contributed by atoms with Crippen LogP contribution in [0.25, 0.3) is 0 Å². The number of piperidine rings is 1. The van der Waals surface area contributed by atoms with Crippen LogP contribution in [0.15, 0.2) is 22.8 Å². The molecule has 5 nitrogen and oxygen atoms in total. The van der Waals surface area contributed by atoms with Gasteiger partial charge in [0.2, 0.25) is 5.91 Å². The molecule has 1 N–H and O–H groups in total. The molecule has 1 aromatic rings. The van der Waals surface area contributed by atoms with Crippen molar-refractivity contribution in [3.05, 3.63) is 24.2 Å². The molecule has 0 atom stereocenters. The van der Waals surface area contributed by atoms with Crippen molar-refractivity contribution in [2.75, 3.05) is 13.1 Å². The first-order valence-corrected chi connectivity index (χ1v) is 8.37. The summed E-state index contributed by atoms with van der Waals surface area (Å²) in [5, 5.41) is 3.20. The lowest BCUT2D eigenvalue weighted by molar-refractivity contribution is -0.127. The van der Waals surface area contributed by atoms with Gasteiger partial charge in [-0.1, -0.05) is 19.3 Å². The van der Waals surface area contributed by atoms with Gasteiger partial charge in [0.05, 0.1) is 6.26 Å². The summed E-state index contributed by atoms with van der Waals surface area (Å²) in [6.45, 7) is 1.25. The molecule has 1 aliphatic heterocycles. The van der Waals surface area contributed by atoms with Gasteiger partial charge in [0.25, 0.3) is 5.91 Å². The fourth-order valence-electron chi connectivity index (χ4n) is 3.47. The summed E-state index contributed by atoms with van der Waals surface area (Å²) in [5.41, 5.74) is 0. The largest absolute Gasteiger partial charge is 0.459 e. The van der Waals surface area contributed by atoms with Gasteiger partial charge in [-0.15, -0.1) is 0 Å². The molecule has 1 aromatic heterocycles. The van der Waals surface area contributed by atoms with Crippen LogP contribution in [-0.4, -0.2) is 35.8 Å². The zero-order valence-corrected chi connectivity index (χ0v) is 12.9. The Bertz CT molecular complexity index is 498. The van der Waals surface area contributed by atoms with Crippen LogP contribution in [0.4, 0.5) is 0 Å². The van der Waals surface area contributed by atoms with E-state index in [1.807, 2.05) is 0 Å². The topological polar surface area (TPSA) is 62.6 Å². The van der Waals surface area contributed by atoms with Gasteiger partial charge in [0.1, 0.15) is 0 Å². The maximum atomic E-state index is 12.3. The van der Waals surface area contributed by atoms with Crippen LogP contribution < -0.4 is 5.32 Å². The van der Waals surface area contributed by atoms with Crippen molar-refractivity contribution < 1.29 is 14.0 Å². The number of hydrogen-bond acceptors (Lipinski definition) is 3. The second-order valence-electron chi connectivity index (χ2n) is 6.39. The fraction of sp³-hybridized carbons (Fsp3) is 0.647. The van der Waals surface area contributed by atoms with Gasteiger partial charge in [0.15, 0.2) is 5.76 Å². The van der Waals surface area contributed by atoms with Gasteiger partial charge >= 0.3 is 0 Å². The lowest BCUT2D eigenvalue weighted by atomic mass is 9.92. The Morgan fingerprint density at radius 1 is 1.09 bits per heavy atom. The van der Waals surface area contributed by atoms with Gasteiger partial charge in [-0.3, -0.25) is 9.59 Å². The number of nitrogens with zero attached hydrogens (tertiary/aromatic N) is 1. The average molecular weight is 304 g/mol. The number of carbonyl (C=O) groups is 2. The molecule has 2 aliphatic rings. The number of amides is 2. The number of nitrogens with one attached hydrogen (secondary N) is 1. The Morgan fingerprint density at radius 2 is 1.82 bits per heavy atom. The SMILES string of the molecule is O=C(NC1CCCCC1)C1CCN(C(=O)c2ccco2)CC1. The maximum Gasteiger partial charge on any atom is 0.289 e. The van der Waals surface area contributed by atoms with Crippen LogP contribution >= 0.6 is 0 Å². The minimum Gasteiger partial charge on any atom is -0.459 e. The summed E-state index contributed by atoms with van der Waals surface area (Å²) in [6, 6.07) is 3.77. The van der Waals surface area contributed by atoms with Crippen molar-refractivity contribution in [1.82, 2.24) is 10.2 Å². The summed E-state index contributed by atoms with van der Waals surface area (Å²) in [5.74, 6) is 0.529. The number of carbonyl (C=O) groups excluding carboxylic acids is 2. The summed E-state index contributed by atoms with van der Waals surface area (Å²) in [7, 11) is 0. The highest BCUT2D eigenvalue weighted by atomic mass is 16.3. The lowest BCUT2D eigenvalue weighted by Gasteiger charge is -2.32. The third-order valence-electron chi connectivity index (χ3n) is 4.84. The van der Waals surface area contributed by atoms with Crippen molar-refractivity contribution >= 4 is 11.8 Å². The number of hydrogen-bond donors (Lipinski definition) is 1. The molecule has 3 rings (SSSR count). The molecule has 120 valence electrons. The Kier molecular flexibility index (Phi) is 4.80. The molecule has 0 unspecified atom stereocenters. The van der Waals surface area contributed by atoms with E-state index in [0.29, 0.717) is 24.9 Å². The van der Waals surface area contributed by atoms with Crippen molar-refractivity contribution in [2.24, 2.45) is 5.92 Å². The molecule has 1 saturated heterocycles. The monoisotopic (exact) mass is 304 g/mol. The van der Waals surface area contributed by atoms with Crippen molar-refractivity contribution in [1.29, 1.82) is 0 Å². The molecule has 1 aliphatic carbocycles. The molecule has 2 amide bonds. The number of rotatable bonds is 3. The first-order valence-electron chi connectivity index (χ1n) is 8.37. The maximum absolute atomic E-state index is 12.3. The highest BCUT2D eigenvalue weighted by molar-refractivity contribution is 5.91. The van der Waals surface area contributed by atoms with Crippen LogP contribution in [0.2, 0.25) is 0 Å². The zero-order chi connectivity index (χ0) is 15.4. The Balaban J connectivity index is 1.46. The van der Waals surface area contributed by atoms with Crippen LogP contribution in [0, 0.1) is 5.92 Å². The molecule has 2 fully saturated rings. The van der Waals surface area contributed by atoms with E-state index in [4.69, 9.17) is 4.42 Å². The Morgan fingerprint density at radius 3 is 2.45 bits per heavy atom. The number of furan rings is 1.